The molecule has 0 radical (unpaired) electrons. The number of amides is 2. The van der Waals surface area contributed by atoms with Gasteiger partial charge in [-0.2, -0.15) is 0 Å². The molecular weight excluding hydrogens is 380 g/mol. The topological polar surface area (TPSA) is 84.4 Å². The molecule has 0 aliphatic carbocycles. The zero-order chi connectivity index (χ0) is 19.9. The van der Waals surface area contributed by atoms with Crippen molar-refractivity contribution in [1.82, 2.24) is 14.9 Å². The molecular formula is C20H23ClN4O3. The van der Waals surface area contributed by atoms with Crippen molar-refractivity contribution in [2.45, 2.75) is 25.7 Å². The maximum Gasteiger partial charge on any atom is 0.274 e. The molecule has 148 valence electrons. The summed E-state index contributed by atoms with van der Waals surface area (Å²) in [7, 11) is 1.55. The van der Waals surface area contributed by atoms with E-state index < -0.39 is 0 Å². The highest BCUT2D eigenvalue weighted by Crippen LogP contribution is 2.28. The molecule has 28 heavy (non-hydrogen) atoms. The summed E-state index contributed by atoms with van der Waals surface area (Å²) >= 11 is 6.00. The van der Waals surface area contributed by atoms with Gasteiger partial charge in [0, 0.05) is 36.9 Å². The van der Waals surface area contributed by atoms with Gasteiger partial charge in [0.2, 0.25) is 5.91 Å². The number of aromatic nitrogens is 2. The molecule has 2 heterocycles. The van der Waals surface area contributed by atoms with Gasteiger partial charge in [-0.1, -0.05) is 11.6 Å². The number of halogens is 1. The van der Waals surface area contributed by atoms with E-state index in [1.807, 2.05) is 0 Å². The molecule has 1 aromatic carbocycles. The normalized spacial score (nSPS) is 16.5. The van der Waals surface area contributed by atoms with Gasteiger partial charge < -0.3 is 15.0 Å². The van der Waals surface area contributed by atoms with Crippen LogP contribution in [0, 0.1) is 5.92 Å². The van der Waals surface area contributed by atoms with E-state index in [0.29, 0.717) is 48.1 Å². The highest BCUT2D eigenvalue weighted by atomic mass is 35.5. The van der Waals surface area contributed by atoms with E-state index >= 15 is 0 Å². The number of piperidine rings is 1. The summed E-state index contributed by atoms with van der Waals surface area (Å²) in [6.07, 6.45) is 7.54. The van der Waals surface area contributed by atoms with E-state index in [0.717, 1.165) is 12.8 Å². The van der Waals surface area contributed by atoms with Crippen molar-refractivity contribution in [2.24, 2.45) is 5.92 Å². The van der Waals surface area contributed by atoms with Crippen molar-refractivity contribution in [3.63, 3.8) is 0 Å². The number of rotatable bonds is 6. The number of carbonyl (C=O) groups is 2. The number of methoxy groups -OCH3 is 1. The van der Waals surface area contributed by atoms with Gasteiger partial charge in [0.05, 0.1) is 19.0 Å². The average molecular weight is 403 g/mol. The van der Waals surface area contributed by atoms with Gasteiger partial charge in [0.25, 0.3) is 5.91 Å². The Morgan fingerprint density at radius 3 is 2.96 bits per heavy atom. The van der Waals surface area contributed by atoms with Crippen LogP contribution in [-0.4, -0.2) is 46.9 Å². The summed E-state index contributed by atoms with van der Waals surface area (Å²) in [4.78, 5) is 34.7. The lowest BCUT2D eigenvalue weighted by molar-refractivity contribution is -0.116. The zero-order valence-corrected chi connectivity index (χ0v) is 16.5. The van der Waals surface area contributed by atoms with Gasteiger partial charge >= 0.3 is 0 Å². The van der Waals surface area contributed by atoms with Gasteiger partial charge in [-0.3, -0.25) is 14.6 Å². The third-order valence-corrected chi connectivity index (χ3v) is 5.04. The van der Waals surface area contributed by atoms with Crippen LogP contribution in [0.1, 0.15) is 36.2 Å². The van der Waals surface area contributed by atoms with Crippen LogP contribution in [0.5, 0.6) is 5.75 Å². The van der Waals surface area contributed by atoms with Crippen molar-refractivity contribution in [3.05, 3.63) is 47.5 Å². The van der Waals surface area contributed by atoms with Crippen molar-refractivity contribution < 1.29 is 14.3 Å². The van der Waals surface area contributed by atoms with Crippen LogP contribution in [0.2, 0.25) is 5.02 Å². The molecule has 2 amide bonds. The lowest BCUT2D eigenvalue weighted by atomic mass is 9.93. The molecule has 1 aliphatic rings. The number of carbonyl (C=O) groups excluding carboxylic acids is 2. The maximum atomic E-state index is 12.5. The molecule has 1 N–H and O–H groups in total. The Kier molecular flexibility index (Phi) is 6.81. The SMILES string of the molecule is COc1ccc(Cl)cc1NC(=O)CCC1CCCN(C(=O)c2cnccn2)C1. The van der Waals surface area contributed by atoms with E-state index in [1.165, 1.54) is 12.4 Å². The second kappa shape index (κ2) is 9.50. The number of nitrogens with zero attached hydrogens (tertiary/aromatic N) is 3. The minimum Gasteiger partial charge on any atom is -0.495 e. The summed E-state index contributed by atoms with van der Waals surface area (Å²) in [5.41, 5.74) is 0.914. The fourth-order valence-corrected chi connectivity index (χ4v) is 3.55. The molecule has 1 atom stereocenters. The van der Waals surface area contributed by atoms with E-state index in [9.17, 15) is 9.59 Å². The molecule has 1 fully saturated rings. The highest BCUT2D eigenvalue weighted by molar-refractivity contribution is 6.31. The van der Waals surface area contributed by atoms with Gasteiger partial charge in [0.1, 0.15) is 11.4 Å². The summed E-state index contributed by atoms with van der Waals surface area (Å²) in [6.45, 7) is 1.33. The van der Waals surface area contributed by atoms with E-state index in [1.54, 1.807) is 36.4 Å². The smallest absolute Gasteiger partial charge is 0.274 e. The predicted octanol–water partition coefficient (Wildman–Crippen LogP) is 3.41. The second-order valence-corrected chi connectivity index (χ2v) is 7.22. The molecule has 2 aromatic rings. The largest absolute Gasteiger partial charge is 0.495 e. The van der Waals surface area contributed by atoms with Crippen molar-refractivity contribution in [3.8, 4) is 5.75 Å². The number of nitrogens with one attached hydrogen (secondary N) is 1. The quantitative estimate of drug-likeness (QED) is 0.800. The minimum absolute atomic E-state index is 0.0991. The Balaban J connectivity index is 1.52. The molecule has 1 aliphatic heterocycles. The number of benzene rings is 1. The summed E-state index contributed by atoms with van der Waals surface area (Å²) in [5.74, 6) is 0.640. The highest BCUT2D eigenvalue weighted by Gasteiger charge is 2.25. The summed E-state index contributed by atoms with van der Waals surface area (Å²) < 4.78 is 5.25. The van der Waals surface area contributed by atoms with Crippen LogP contribution in [0.4, 0.5) is 5.69 Å². The first kappa shape index (κ1) is 20.1. The third-order valence-electron chi connectivity index (χ3n) is 4.80. The Morgan fingerprint density at radius 1 is 1.36 bits per heavy atom. The van der Waals surface area contributed by atoms with E-state index in [-0.39, 0.29) is 17.7 Å². The predicted molar refractivity (Wildman–Crippen MR) is 107 cm³/mol. The minimum atomic E-state index is -0.106. The van der Waals surface area contributed by atoms with E-state index in [2.05, 4.69) is 15.3 Å². The number of anilines is 1. The fraction of sp³-hybridized carbons (Fsp3) is 0.400. The van der Waals surface area contributed by atoms with Gasteiger partial charge in [0.15, 0.2) is 0 Å². The van der Waals surface area contributed by atoms with Crippen LogP contribution in [0.3, 0.4) is 0 Å². The second-order valence-electron chi connectivity index (χ2n) is 6.78. The number of likely N-dealkylation sites (tertiary alicyclic amines) is 1. The van der Waals surface area contributed by atoms with Gasteiger partial charge in [-0.25, -0.2) is 4.98 Å². The average Bonchev–Trinajstić information content (AvgIpc) is 2.73. The first-order valence-corrected chi connectivity index (χ1v) is 9.63. The Bertz CT molecular complexity index is 831. The number of hydrogen-bond donors (Lipinski definition) is 1. The first-order valence-electron chi connectivity index (χ1n) is 9.25. The van der Waals surface area contributed by atoms with Crippen LogP contribution in [-0.2, 0) is 4.79 Å². The molecule has 3 rings (SSSR count). The van der Waals surface area contributed by atoms with Crippen LogP contribution in [0.25, 0.3) is 0 Å². The van der Waals surface area contributed by atoms with Gasteiger partial charge in [-0.15, -0.1) is 0 Å². The molecule has 0 bridgehead atoms. The molecule has 1 unspecified atom stereocenters. The number of hydrogen-bond acceptors (Lipinski definition) is 5. The third kappa shape index (κ3) is 5.19. The lowest BCUT2D eigenvalue weighted by Crippen LogP contribution is -2.40. The summed E-state index contributed by atoms with van der Waals surface area (Å²) in [5, 5.41) is 3.38. The molecule has 7 nitrogen and oxygen atoms in total. The van der Waals surface area contributed by atoms with E-state index in [4.69, 9.17) is 16.3 Å². The maximum absolute atomic E-state index is 12.5. The first-order chi connectivity index (χ1) is 13.6. The Hall–Kier alpha value is -2.67. The molecule has 1 saturated heterocycles. The Morgan fingerprint density at radius 2 is 2.21 bits per heavy atom. The van der Waals surface area contributed by atoms with Crippen molar-refractivity contribution >= 4 is 29.1 Å². The number of ether oxygens (including phenoxy) is 1. The summed E-state index contributed by atoms with van der Waals surface area (Å²) in [6, 6.07) is 5.09. The monoisotopic (exact) mass is 402 g/mol. The molecule has 0 saturated carbocycles. The molecule has 8 heteroatoms. The van der Waals surface area contributed by atoms with Crippen molar-refractivity contribution in [2.75, 3.05) is 25.5 Å². The van der Waals surface area contributed by atoms with Crippen molar-refractivity contribution in [1.29, 1.82) is 0 Å². The van der Waals surface area contributed by atoms with Crippen LogP contribution < -0.4 is 10.1 Å². The molecule has 0 spiro atoms. The zero-order valence-electron chi connectivity index (χ0n) is 15.7. The standard InChI is InChI=1S/C20H23ClN4O3/c1-28-18-6-5-15(21)11-16(18)24-19(26)7-4-14-3-2-10-25(13-14)20(27)17-12-22-8-9-23-17/h5-6,8-9,11-12,14H,2-4,7,10,13H2,1H3,(H,24,26). The van der Waals surface area contributed by atoms with Crippen LogP contribution in [0.15, 0.2) is 36.8 Å². The van der Waals surface area contributed by atoms with Gasteiger partial charge in [-0.05, 0) is 43.4 Å². The molecule has 1 aromatic heterocycles. The van der Waals surface area contributed by atoms with Crippen LogP contribution >= 0.6 is 11.6 Å². The Labute approximate surface area is 169 Å². The lowest BCUT2D eigenvalue weighted by Gasteiger charge is -2.32. The fourth-order valence-electron chi connectivity index (χ4n) is 3.38.